The Morgan fingerprint density at radius 3 is 2.76 bits per heavy atom. The smallest absolute Gasteiger partial charge is 0.260 e. The molecule has 2 aromatic rings. The van der Waals surface area contributed by atoms with Gasteiger partial charge in [-0.2, -0.15) is 0 Å². The van der Waals surface area contributed by atoms with Crippen molar-refractivity contribution in [1.29, 1.82) is 0 Å². The van der Waals surface area contributed by atoms with Gasteiger partial charge in [0.2, 0.25) is 5.78 Å². The molecule has 0 N–H and O–H groups in total. The summed E-state index contributed by atoms with van der Waals surface area (Å²) in [6, 6.07) is 12.3. The fraction of sp³-hybridized carbons (Fsp3) is 0.273. The van der Waals surface area contributed by atoms with Gasteiger partial charge in [0.15, 0.2) is 12.4 Å². The highest BCUT2D eigenvalue weighted by Crippen LogP contribution is 2.35. The van der Waals surface area contributed by atoms with Crippen LogP contribution in [0, 0.1) is 0 Å². The number of morpholine rings is 1. The maximum absolute atomic E-state index is 12.6. The Labute approximate surface area is 168 Å². The largest absolute Gasteiger partial charge is 0.497 e. The first-order valence-corrected chi connectivity index (χ1v) is 9.35. The van der Waals surface area contributed by atoms with Crippen LogP contribution >= 0.6 is 0 Å². The Morgan fingerprint density at radius 1 is 1.14 bits per heavy atom. The summed E-state index contributed by atoms with van der Waals surface area (Å²) in [7, 11) is 1.59. The molecule has 0 unspecified atom stereocenters. The van der Waals surface area contributed by atoms with E-state index >= 15 is 0 Å². The lowest BCUT2D eigenvalue weighted by atomic mass is 10.1. The molecule has 2 heterocycles. The molecule has 1 amide bonds. The van der Waals surface area contributed by atoms with Gasteiger partial charge in [-0.1, -0.05) is 12.1 Å². The van der Waals surface area contributed by atoms with Crippen LogP contribution in [0.1, 0.15) is 15.9 Å². The van der Waals surface area contributed by atoms with Crippen LogP contribution in [-0.2, 0) is 9.53 Å². The molecule has 7 nitrogen and oxygen atoms in total. The summed E-state index contributed by atoms with van der Waals surface area (Å²) in [4.78, 5) is 26.5. The Morgan fingerprint density at radius 2 is 1.97 bits per heavy atom. The van der Waals surface area contributed by atoms with Crippen molar-refractivity contribution in [2.45, 2.75) is 0 Å². The third kappa shape index (κ3) is 4.25. The number of hydrogen-bond donors (Lipinski definition) is 0. The topological polar surface area (TPSA) is 74.3 Å². The molecule has 0 atom stereocenters. The highest BCUT2D eigenvalue weighted by molar-refractivity contribution is 6.14. The summed E-state index contributed by atoms with van der Waals surface area (Å²) in [5, 5.41) is 0. The van der Waals surface area contributed by atoms with Crippen molar-refractivity contribution < 1.29 is 28.5 Å². The summed E-state index contributed by atoms with van der Waals surface area (Å²) in [5.41, 5.74) is 1.26. The van der Waals surface area contributed by atoms with Crippen molar-refractivity contribution in [2.75, 3.05) is 40.0 Å². The van der Waals surface area contributed by atoms with E-state index in [1.54, 1.807) is 36.3 Å². The van der Waals surface area contributed by atoms with E-state index in [2.05, 4.69) is 0 Å². The molecule has 4 rings (SSSR count). The van der Waals surface area contributed by atoms with Gasteiger partial charge >= 0.3 is 0 Å². The molecule has 7 heteroatoms. The molecule has 2 aliphatic rings. The second-order valence-electron chi connectivity index (χ2n) is 6.66. The number of amides is 1. The molecular weight excluding hydrogens is 374 g/mol. The predicted molar refractivity (Wildman–Crippen MR) is 105 cm³/mol. The lowest BCUT2D eigenvalue weighted by Crippen LogP contribution is -2.42. The van der Waals surface area contributed by atoms with Crippen LogP contribution in [0.2, 0.25) is 0 Å². The number of ketones is 1. The molecule has 0 spiro atoms. The Balaban J connectivity index is 1.44. The number of Topliss-reactive ketones (excluding diaryl/α,β-unsaturated/α-hetero) is 1. The Hall–Kier alpha value is -3.32. The van der Waals surface area contributed by atoms with Crippen molar-refractivity contribution in [3.05, 3.63) is 59.4 Å². The summed E-state index contributed by atoms with van der Waals surface area (Å²) in [5.74, 6) is 1.53. The van der Waals surface area contributed by atoms with Gasteiger partial charge in [0.1, 0.15) is 17.2 Å². The highest BCUT2D eigenvalue weighted by atomic mass is 16.5. The van der Waals surface area contributed by atoms with Crippen molar-refractivity contribution in [2.24, 2.45) is 0 Å². The summed E-state index contributed by atoms with van der Waals surface area (Å²) in [6.07, 6.45) is 1.67. The average molecular weight is 395 g/mol. The Bertz CT molecular complexity index is 962. The monoisotopic (exact) mass is 395 g/mol. The van der Waals surface area contributed by atoms with Crippen LogP contribution in [0.4, 0.5) is 0 Å². The van der Waals surface area contributed by atoms with E-state index in [4.69, 9.17) is 18.9 Å². The van der Waals surface area contributed by atoms with Gasteiger partial charge in [0, 0.05) is 19.2 Å². The number of fused-ring (bicyclic) bond motifs is 1. The lowest BCUT2D eigenvalue weighted by Gasteiger charge is -2.26. The van der Waals surface area contributed by atoms with E-state index in [0.717, 1.165) is 5.56 Å². The molecule has 29 heavy (non-hydrogen) atoms. The molecule has 1 saturated heterocycles. The first-order chi connectivity index (χ1) is 14.1. The Kier molecular flexibility index (Phi) is 5.48. The SMILES string of the molecule is COc1cccc(/C=C2\Oc3cc(OCC(=O)N4CCOCC4)ccc3C2=O)c1. The van der Waals surface area contributed by atoms with Gasteiger partial charge in [-0.25, -0.2) is 0 Å². The van der Waals surface area contributed by atoms with E-state index in [0.29, 0.717) is 49.1 Å². The molecule has 0 bridgehead atoms. The summed E-state index contributed by atoms with van der Waals surface area (Å²) >= 11 is 0. The molecule has 2 aromatic carbocycles. The zero-order valence-electron chi connectivity index (χ0n) is 16.1. The average Bonchev–Trinajstić information content (AvgIpc) is 3.07. The number of benzene rings is 2. The number of rotatable bonds is 5. The molecule has 0 aliphatic carbocycles. The minimum atomic E-state index is -0.196. The van der Waals surface area contributed by atoms with Gasteiger partial charge in [-0.05, 0) is 35.9 Å². The molecule has 2 aliphatic heterocycles. The number of carbonyl (C=O) groups excluding carboxylic acids is 2. The number of allylic oxidation sites excluding steroid dienone is 1. The van der Waals surface area contributed by atoms with Gasteiger partial charge in [-0.15, -0.1) is 0 Å². The number of ether oxygens (including phenoxy) is 4. The maximum Gasteiger partial charge on any atom is 0.260 e. The predicted octanol–water partition coefficient (Wildman–Crippen LogP) is 2.55. The molecule has 0 saturated carbocycles. The zero-order chi connectivity index (χ0) is 20.2. The van der Waals surface area contributed by atoms with E-state index in [9.17, 15) is 9.59 Å². The fourth-order valence-electron chi connectivity index (χ4n) is 3.19. The third-order valence-corrected chi connectivity index (χ3v) is 4.76. The fourth-order valence-corrected chi connectivity index (χ4v) is 3.19. The second-order valence-corrected chi connectivity index (χ2v) is 6.66. The van der Waals surface area contributed by atoms with E-state index in [-0.39, 0.29) is 24.1 Å². The van der Waals surface area contributed by atoms with E-state index < -0.39 is 0 Å². The highest BCUT2D eigenvalue weighted by Gasteiger charge is 2.28. The summed E-state index contributed by atoms with van der Waals surface area (Å²) in [6.45, 7) is 2.16. The number of hydrogen-bond acceptors (Lipinski definition) is 6. The molecule has 1 fully saturated rings. The van der Waals surface area contributed by atoms with Gasteiger partial charge in [-0.3, -0.25) is 9.59 Å². The number of carbonyl (C=O) groups is 2. The van der Waals surface area contributed by atoms with Crippen molar-refractivity contribution in [1.82, 2.24) is 4.90 Å². The van der Waals surface area contributed by atoms with Crippen LogP contribution in [0.25, 0.3) is 6.08 Å². The van der Waals surface area contributed by atoms with Crippen LogP contribution in [-0.4, -0.2) is 56.6 Å². The molecular formula is C22H21NO6. The van der Waals surface area contributed by atoms with Crippen LogP contribution in [0.5, 0.6) is 17.2 Å². The van der Waals surface area contributed by atoms with Gasteiger partial charge < -0.3 is 23.8 Å². The van der Waals surface area contributed by atoms with Crippen molar-refractivity contribution in [3.8, 4) is 17.2 Å². The first-order valence-electron chi connectivity index (χ1n) is 9.35. The first kappa shape index (κ1) is 19.0. The van der Waals surface area contributed by atoms with Gasteiger partial charge in [0.25, 0.3) is 5.91 Å². The molecule has 0 aromatic heterocycles. The van der Waals surface area contributed by atoms with E-state index in [1.807, 2.05) is 24.3 Å². The van der Waals surface area contributed by atoms with Crippen molar-refractivity contribution >= 4 is 17.8 Å². The number of methoxy groups -OCH3 is 1. The van der Waals surface area contributed by atoms with E-state index in [1.165, 1.54) is 0 Å². The molecule has 150 valence electrons. The van der Waals surface area contributed by atoms with Crippen LogP contribution < -0.4 is 14.2 Å². The zero-order valence-corrected chi connectivity index (χ0v) is 16.1. The summed E-state index contributed by atoms with van der Waals surface area (Å²) < 4.78 is 21.8. The van der Waals surface area contributed by atoms with Crippen LogP contribution in [0.15, 0.2) is 48.2 Å². The van der Waals surface area contributed by atoms with Crippen molar-refractivity contribution in [3.63, 3.8) is 0 Å². The second kappa shape index (κ2) is 8.36. The maximum atomic E-state index is 12.6. The minimum Gasteiger partial charge on any atom is -0.497 e. The minimum absolute atomic E-state index is 0.0702. The standard InChI is InChI=1S/C22H21NO6/c1-26-16-4-2-3-15(11-16)12-20-22(25)18-6-5-17(13-19(18)29-20)28-14-21(24)23-7-9-27-10-8-23/h2-6,11-13H,7-10,14H2,1H3/b20-12-. The third-order valence-electron chi connectivity index (χ3n) is 4.76. The lowest BCUT2D eigenvalue weighted by molar-refractivity contribution is -0.137. The quantitative estimate of drug-likeness (QED) is 0.725. The van der Waals surface area contributed by atoms with Gasteiger partial charge in [0.05, 0.1) is 25.9 Å². The normalized spacial score (nSPS) is 17.1. The number of nitrogens with zero attached hydrogens (tertiary/aromatic N) is 1. The molecule has 0 radical (unpaired) electrons. The van der Waals surface area contributed by atoms with Crippen LogP contribution in [0.3, 0.4) is 0 Å².